The average molecular weight is 304 g/mol. The van der Waals surface area contributed by atoms with Crippen LogP contribution in [0, 0.1) is 13.8 Å². The topological polar surface area (TPSA) is 43.4 Å². The minimum atomic E-state index is 0.252. The zero-order valence-corrected chi connectivity index (χ0v) is 13.4. The van der Waals surface area contributed by atoms with Gasteiger partial charge in [-0.05, 0) is 38.5 Å². The first-order chi connectivity index (χ1) is 10.1. The van der Waals surface area contributed by atoms with Crippen LogP contribution in [0.25, 0.3) is 0 Å². The Morgan fingerprint density at radius 3 is 2.71 bits per heavy atom. The molecule has 2 aromatic rings. The Balaban J connectivity index is 1.67. The number of aromatic nitrogens is 1. The first-order valence-corrected chi connectivity index (χ1v) is 8.01. The second-order valence-electron chi connectivity index (χ2n) is 5.25. The molecule has 2 heterocycles. The fourth-order valence-electron chi connectivity index (χ4n) is 2.43. The van der Waals surface area contributed by atoms with E-state index in [0.717, 1.165) is 28.7 Å². The van der Waals surface area contributed by atoms with Crippen molar-refractivity contribution in [3.63, 3.8) is 0 Å². The van der Waals surface area contributed by atoms with E-state index in [0.29, 0.717) is 13.2 Å². The molecule has 1 N–H and O–H groups in total. The van der Waals surface area contributed by atoms with Crippen molar-refractivity contribution in [1.82, 2.24) is 10.3 Å². The van der Waals surface area contributed by atoms with Gasteiger partial charge in [0.05, 0.1) is 10.7 Å². The molecule has 112 valence electrons. The van der Waals surface area contributed by atoms with Gasteiger partial charge < -0.3 is 14.8 Å². The molecule has 1 atom stereocenters. The maximum atomic E-state index is 5.64. The number of nitrogens with one attached hydrogen (secondary N) is 1. The lowest BCUT2D eigenvalue weighted by molar-refractivity contribution is 0.171. The molecule has 5 heteroatoms. The molecule has 0 bridgehead atoms. The highest BCUT2D eigenvalue weighted by atomic mass is 32.1. The van der Waals surface area contributed by atoms with Gasteiger partial charge in [0.15, 0.2) is 11.5 Å². The van der Waals surface area contributed by atoms with E-state index in [1.165, 1.54) is 10.4 Å². The lowest BCUT2D eigenvalue weighted by Gasteiger charge is -2.21. The molecule has 0 fully saturated rings. The fraction of sp³-hybridized carbons (Fsp3) is 0.438. The lowest BCUT2D eigenvalue weighted by atomic mass is 10.1. The molecule has 1 unspecified atom stereocenters. The van der Waals surface area contributed by atoms with Gasteiger partial charge in [0.1, 0.15) is 13.2 Å². The average Bonchev–Trinajstić information content (AvgIpc) is 2.82. The number of benzene rings is 1. The highest BCUT2D eigenvalue weighted by molar-refractivity contribution is 7.11. The molecule has 1 aromatic heterocycles. The number of hydrogen-bond donors (Lipinski definition) is 1. The van der Waals surface area contributed by atoms with Gasteiger partial charge in [-0.3, -0.25) is 0 Å². The van der Waals surface area contributed by atoms with E-state index >= 15 is 0 Å². The predicted octanol–water partition coefficient (Wildman–Crippen LogP) is 3.38. The largest absolute Gasteiger partial charge is 0.486 e. The zero-order chi connectivity index (χ0) is 14.8. The molecule has 1 aliphatic rings. The smallest absolute Gasteiger partial charge is 0.161 e. The summed E-state index contributed by atoms with van der Waals surface area (Å²) in [6.07, 6.45) is 0. The van der Waals surface area contributed by atoms with Crippen molar-refractivity contribution in [2.24, 2.45) is 0 Å². The minimum Gasteiger partial charge on any atom is -0.486 e. The Kier molecular flexibility index (Phi) is 4.12. The molecule has 0 saturated heterocycles. The molecule has 0 saturated carbocycles. The lowest BCUT2D eigenvalue weighted by Crippen LogP contribution is -2.19. The Bertz CT molecular complexity index is 639. The Labute approximate surface area is 129 Å². The Morgan fingerprint density at radius 1 is 1.24 bits per heavy atom. The Morgan fingerprint density at radius 2 is 2.00 bits per heavy atom. The van der Waals surface area contributed by atoms with Crippen LogP contribution in [0.2, 0.25) is 0 Å². The number of hydrogen-bond acceptors (Lipinski definition) is 5. The van der Waals surface area contributed by atoms with Crippen molar-refractivity contribution < 1.29 is 9.47 Å². The maximum absolute atomic E-state index is 5.64. The first-order valence-electron chi connectivity index (χ1n) is 7.19. The van der Waals surface area contributed by atoms with Crippen LogP contribution in [0.15, 0.2) is 18.2 Å². The number of aryl methyl sites for hydroxylation is 2. The SMILES string of the molecule is Cc1nc(C)c(CNC(C)c2ccc3c(c2)OCCO3)s1. The van der Waals surface area contributed by atoms with Crippen LogP contribution < -0.4 is 14.8 Å². The van der Waals surface area contributed by atoms with Gasteiger partial charge in [-0.2, -0.15) is 0 Å². The standard InChI is InChI=1S/C16H20N2O2S/c1-10(17-9-16-11(2)18-12(3)21-16)13-4-5-14-15(8-13)20-7-6-19-14/h4-5,8,10,17H,6-7,9H2,1-3H3. The summed E-state index contributed by atoms with van der Waals surface area (Å²) in [6, 6.07) is 6.40. The second-order valence-corrected chi connectivity index (χ2v) is 6.53. The number of rotatable bonds is 4. The zero-order valence-electron chi connectivity index (χ0n) is 12.6. The van der Waals surface area contributed by atoms with E-state index in [4.69, 9.17) is 9.47 Å². The van der Waals surface area contributed by atoms with E-state index in [-0.39, 0.29) is 6.04 Å². The van der Waals surface area contributed by atoms with Crippen LogP contribution in [0.1, 0.15) is 34.1 Å². The molecule has 1 aliphatic heterocycles. The van der Waals surface area contributed by atoms with Crippen molar-refractivity contribution in [2.75, 3.05) is 13.2 Å². The highest BCUT2D eigenvalue weighted by Gasteiger charge is 2.15. The van der Waals surface area contributed by atoms with E-state index in [1.807, 2.05) is 13.0 Å². The van der Waals surface area contributed by atoms with Crippen molar-refractivity contribution in [3.8, 4) is 11.5 Å². The van der Waals surface area contributed by atoms with Crippen LogP contribution in [0.5, 0.6) is 11.5 Å². The third-order valence-electron chi connectivity index (χ3n) is 3.63. The monoisotopic (exact) mass is 304 g/mol. The summed E-state index contributed by atoms with van der Waals surface area (Å²) < 4.78 is 11.2. The van der Waals surface area contributed by atoms with E-state index in [1.54, 1.807) is 11.3 Å². The quantitative estimate of drug-likeness (QED) is 0.940. The molecule has 0 aliphatic carbocycles. The normalized spacial score (nSPS) is 15.0. The van der Waals surface area contributed by atoms with Gasteiger partial charge in [-0.1, -0.05) is 6.07 Å². The van der Waals surface area contributed by atoms with Gasteiger partial charge in [-0.25, -0.2) is 4.98 Å². The molecule has 1 aromatic carbocycles. The number of fused-ring (bicyclic) bond motifs is 1. The van der Waals surface area contributed by atoms with Gasteiger partial charge >= 0.3 is 0 Å². The third-order valence-corrected chi connectivity index (χ3v) is 4.71. The summed E-state index contributed by atoms with van der Waals surface area (Å²) in [5.41, 5.74) is 2.33. The molecule has 21 heavy (non-hydrogen) atoms. The maximum Gasteiger partial charge on any atom is 0.161 e. The number of thiazole rings is 1. The molecular formula is C16H20N2O2S. The summed E-state index contributed by atoms with van der Waals surface area (Å²) in [4.78, 5) is 5.76. The Hall–Kier alpha value is -1.59. The molecule has 0 radical (unpaired) electrons. The summed E-state index contributed by atoms with van der Waals surface area (Å²) in [5, 5.41) is 4.67. The van der Waals surface area contributed by atoms with Crippen molar-refractivity contribution in [3.05, 3.63) is 39.3 Å². The van der Waals surface area contributed by atoms with Crippen LogP contribution in [-0.2, 0) is 6.54 Å². The van der Waals surface area contributed by atoms with E-state index in [9.17, 15) is 0 Å². The second kappa shape index (κ2) is 6.03. The first kappa shape index (κ1) is 14.4. The van der Waals surface area contributed by atoms with Gasteiger partial charge in [0.2, 0.25) is 0 Å². The van der Waals surface area contributed by atoms with Crippen LogP contribution in [-0.4, -0.2) is 18.2 Å². The molecule has 0 amide bonds. The highest BCUT2D eigenvalue weighted by Crippen LogP contribution is 2.32. The van der Waals surface area contributed by atoms with Crippen molar-refractivity contribution in [1.29, 1.82) is 0 Å². The van der Waals surface area contributed by atoms with Crippen molar-refractivity contribution in [2.45, 2.75) is 33.4 Å². The van der Waals surface area contributed by atoms with Gasteiger partial charge in [-0.15, -0.1) is 11.3 Å². The summed E-state index contributed by atoms with van der Waals surface area (Å²) in [6.45, 7) is 8.37. The van der Waals surface area contributed by atoms with E-state index < -0.39 is 0 Å². The molecule has 0 spiro atoms. The van der Waals surface area contributed by atoms with Crippen molar-refractivity contribution >= 4 is 11.3 Å². The van der Waals surface area contributed by atoms with Gasteiger partial charge in [0.25, 0.3) is 0 Å². The molecule has 3 rings (SSSR count). The third kappa shape index (κ3) is 3.19. The number of nitrogens with zero attached hydrogens (tertiary/aromatic N) is 1. The fourth-order valence-corrected chi connectivity index (χ4v) is 3.32. The summed E-state index contributed by atoms with van der Waals surface area (Å²) in [7, 11) is 0. The molecular weight excluding hydrogens is 284 g/mol. The predicted molar refractivity (Wildman–Crippen MR) is 84.3 cm³/mol. The van der Waals surface area contributed by atoms with Crippen LogP contribution in [0.3, 0.4) is 0 Å². The molecule has 4 nitrogen and oxygen atoms in total. The van der Waals surface area contributed by atoms with Crippen LogP contribution in [0.4, 0.5) is 0 Å². The summed E-state index contributed by atoms with van der Waals surface area (Å²) >= 11 is 1.76. The minimum absolute atomic E-state index is 0.252. The van der Waals surface area contributed by atoms with Gasteiger partial charge in [0, 0.05) is 17.5 Å². The summed E-state index contributed by atoms with van der Waals surface area (Å²) in [5.74, 6) is 1.68. The van der Waals surface area contributed by atoms with E-state index in [2.05, 4.69) is 36.3 Å². The van der Waals surface area contributed by atoms with Crippen LogP contribution >= 0.6 is 11.3 Å². The number of ether oxygens (including phenoxy) is 2.